The Morgan fingerprint density at radius 3 is 2.44 bits per heavy atom. The van der Waals surface area contributed by atoms with E-state index in [1.165, 1.54) is 18.2 Å². The standard InChI is InChI=1S/C13H11ClN2O2/c14-8-1-6-11(12(15)7-8)13(18)16-9-2-4-10(17)5-3-9/h1-7,17H,15H2,(H,16,18). The van der Waals surface area contributed by atoms with Gasteiger partial charge in [0.05, 0.1) is 5.56 Å². The van der Waals surface area contributed by atoms with E-state index >= 15 is 0 Å². The monoisotopic (exact) mass is 262 g/mol. The summed E-state index contributed by atoms with van der Waals surface area (Å²) < 4.78 is 0. The number of amides is 1. The third-order valence-electron chi connectivity index (χ3n) is 2.38. The molecule has 0 unspecified atom stereocenters. The zero-order valence-corrected chi connectivity index (χ0v) is 10.1. The molecule has 0 spiro atoms. The van der Waals surface area contributed by atoms with Crippen LogP contribution >= 0.6 is 11.6 Å². The number of phenolic OH excluding ortho intramolecular Hbond substituents is 1. The lowest BCUT2D eigenvalue weighted by Gasteiger charge is -2.07. The Kier molecular flexibility index (Phi) is 3.39. The maximum Gasteiger partial charge on any atom is 0.257 e. The lowest BCUT2D eigenvalue weighted by Crippen LogP contribution is -2.13. The van der Waals surface area contributed by atoms with E-state index < -0.39 is 0 Å². The van der Waals surface area contributed by atoms with Crippen LogP contribution in [0.15, 0.2) is 42.5 Å². The number of halogens is 1. The van der Waals surface area contributed by atoms with Gasteiger partial charge in [-0.15, -0.1) is 0 Å². The Labute approximate surface area is 109 Å². The number of hydrogen-bond donors (Lipinski definition) is 3. The number of aromatic hydroxyl groups is 1. The van der Waals surface area contributed by atoms with E-state index in [2.05, 4.69) is 5.32 Å². The smallest absolute Gasteiger partial charge is 0.257 e. The Hall–Kier alpha value is -2.20. The molecule has 0 atom stereocenters. The molecular weight excluding hydrogens is 252 g/mol. The summed E-state index contributed by atoms with van der Waals surface area (Å²) in [7, 11) is 0. The van der Waals surface area contributed by atoms with Crippen LogP contribution < -0.4 is 11.1 Å². The number of carbonyl (C=O) groups is 1. The van der Waals surface area contributed by atoms with Crippen LogP contribution in [0.3, 0.4) is 0 Å². The maximum absolute atomic E-state index is 11.9. The molecule has 2 aromatic carbocycles. The van der Waals surface area contributed by atoms with Crippen molar-refractivity contribution in [3.8, 4) is 5.75 Å². The third-order valence-corrected chi connectivity index (χ3v) is 2.62. The highest BCUT2D eigenvalue weighted by Crippen LogP contribution is 2.20. The first kappa shape index (κ1) is 12.3. The lowest BCUT2D eigenvalue weighted by molar-refractivity contribution is 0.102. The molecule has 0 heterocycles. The molecule has 18 heavy (non-hydrogen) atoms. The van der Waals surface area contributed by atoms with Crippen molar-refractivity contribution in [3.63, 3.8) is 0 Å². The Balaban J connectivity index is 2.19. The fourth-order valence-corrected chi connectivity index (χ4v) is 1.66. The number of anilines is 2. The normalized spacial score (nSPS) is 10.1. The topological polar surface area (TPSA) is 75.4 Å². The van der Waals surface area contributed by atoms with Crippen LogP contribution in [0.2, 0.25) is 5.02 Å². The van der Waals surface area contributed by atoms with Gasteiger partial charge in [-0.25, -0.2) is 0 Å². The highest BCUT2D eigenvalue weighted by Gasteiger charge is 2.10. The first-order valence-electron chi connectivity index (χ1n) is 5.21. The second kappa shape index (κ2) is 4.98. The summed E-state index contributed by atoms with van der Waals surface area (Å²) in [6.07, 6.45) is 0. The molecule has 2 aromatic rings. The van der Waals surface area contributed by atoms with Crippen LogP contribution in [0.1, 0.15) is 10.4 Å². The minimum Gasteiger partial charge on any atom is -0.508 e. The Bertz CT molecular complexity index is 582. The fourth-order valence-electron chi connectivity index (χ4n) is 1.48. The van der Waals surface area contributed by atoms with Crippen LogP contribution in [0.4, 0.5) is 11.4 Å². The average Bonchev–Trinajstić information content (AvgIpc) is 2.32. The zero-order chi connectivity index (χ0) is 13.1. The lowest BCUT2D eigenvalue weighted by atomic mass is 10.1. The van der Waals surface area contributed by atoms with E-state index in [1.807, 2.05) is 0 Å². The van der Waals surface area contributed by atoms with E-state index in [9.17, 15) is 4.79 Å². The largest absolute Gasteiger partial charge is 0.508 e. The van der Waals surface area contributed by atoms with Gasteiger partial charge in [-0.3, -0.25) is 4.79 Å². The Morgan fingerprint density at radius 2 is 1.83 bits per heavy atom. The van der Waals surface area contributed by atoms with E-state index in [0.29, 0.717) is 22.0 Å². The van der Waals surface area contributed by atoms with E-state index in [1.54, 1.807) is 24.3 Å². The highest BCUT2D eigenvalue weighted by molar-refractivity contribution is 6.31. The number of rotatable bonds is 2. The van der Waals surface area contributed by atoms with Crippen LogP contribution in [-0.4, -0.2) is 11.0 Å². The summed E-state index contributed by atoms with van der Waals surface area (Å²) in [5, 5.41) is 12.3. The molecule has 0 aliphatic carbocycles. The van der Waals surface area contributed by atoms with Gasteiger partial charge < -0.3 is 16.2 Å². The van der Waals surface area contributed by atoms with Crippen LogP contribution in [0.5, 0.6) is 5.75 Å². The van der Waals surface area contributed by atoms with Gasteiger partial charge in [0, 0.05) is 16.4 Å². The molecule has 0 radical (unpaired) electrons. The molecule has 5 heteroatoms. The predicted molar refractivity (Wildman–Crippen MR) is 71.9 cm³/mol. The summed E-state index contributed by atoms with van der Waals surface area (Å²) in [4.78, 5) is 11.9. The molecule has 0 saturated heterocycles. The Morgan fingerprint density at radius 1 is 1.17 bits per heavy atom. The minimum absolute atomic E-state index is 0.138. The van der Waals surface area contributed by atoms with Crippen LogP contribution in [0.25, 0.3) is 0 Å². The molecule has 1 amide bonds. The molecule has 4 N–H and O–H groups in total. The van der Waals surface area contributed by atoms with Crippen molar-refractivity contribution in [1.29, 1.82) is 0 Å². The van der Waals surface area contributed by atoms with E-state index in [0.717, 1.165) is 0 Å². The van der Waals surface area contributed by atoms with Gasteiger partial charge in [0.15, 0.2) is 0 Å². The quantitative estimate of drug-likeness (QED) is 0.575. The number of nitrogen functional groups attached to an aromatic ring is 1. The summed E-state index contributed by atoms with van der Waals surface area (Å²) in [6.45, 7) is 0. The van der Waals surface area contributed by atoms with Crippen molar-refractivity contribution < 1.29 is 9.90 Å². The number of nitrogens with two attached hydrogens (primary N) is 1. The predicted octanol–water partition coefficient (Wildman–Crippen LogP) is 2.88. The first-order chi connectivity index (χ1) is 8.56. The number of phenols is 1. The van der Waals surface area contributed by atoms with Crippen LogP contribution in [-0.2, 0) is 0 Å². The molecule has 4 nitrogen and oxygen atoms in total. The second-order valence-corrected chi connectivity index (χ2v) is 4.17. The van der Waals surface area contributed by atoms with Gasteiger partial charge in [0.1, 0.15) is 5.75 Å². The van der Waals surface area contributed by atoms with Crippen molar-refractivity contribution in [1.82, 2.24) is 0 Å². The van der Waals surface area contributed by atoms with Crippen molar-refractivity contribution >= 4 is 28.9 Å². The minimum atomic E-state index is -0.324. The average molecular weight is 263 g/mol. The molecule has 2 rings (SSSR count). The first-order valence-corrected chi connectivity index (χ1v) is 5.59. The van der Waals surface area contributed by atoms with Crippen molar-refractivity contribution in [2.45, 2.75) is 0 Å². The summed E-state index contributed by atoms with van der Waals surface area (Å²) in [5.74, 6) is -0.186. The third kappa shape index (κ3) is 2.73. The fraction of sp³-hybridized carbons (Fsp3) is 0. The molecular formula is C13H11ClN2O2. The summed E-state index contributed by atoms with van der Waals surface area (Å²) in [6, 6.07) is 10.9. The molecule has 0 aromatic heterocycles. The number of carbonyl (C=O) groups excluding carboxylic acids is 1. The molecule has 0 aliphatic rings. The molecule has 92 valence electrons. The van der Waals surface area contributed by atoms with Gasteiger partial charge >= 0.3 is 0 Å². The SMILES string of the molecule is Nc1cc(Cl)ccc1C(=O)Nc1ccc(O)cc1. The molecule has 0 aliphatic heterocycles. The van der Waals surface area contributed by atoms with Crippen molar-refractivity contribution in [2.75, 3.05) is 11.1 Å². The van der Waals surface area contributed by atoms with Crippen molar-refractivity contribution in [2.24, 2.45) is 0 Å². The second-order valence-electron chi connectivity index (χ2n) is 3.73. The zero-order valence-electron chi connectivity index (χ0n) is 9.35. The molecule has 0 bridgehead atoms. The van der Waals surface area contributed by atoms with E-state index in [4.69, 9.17) is 22.4 Å². The van der Waals surface area contributed by atoms with Gasteiger partial charge in [-0.05, 0) is 42.5 Å². The number of benzene rings is 2. The van der Waals surface area contributed by atoms with Gasteiger partial charge in [0.2, 0.25) is 0 Å². The summed E-state index contributed by atoms with van der Waals surface area (Å²) >= 11 is 5.76. The molecule has 0 saturated carbocycles. The van der Waals surface area contributed by atoms with Gasteiger partial charge in [0.25, 0.3) is 5.91 Å². The van der Waals surface area contributed by atoms with E-state index in [-0.39, 0.29) is 11.7 Å². The van der Waals surface area contributed by atoms with Crippen LogP contribution in [0, 0.1) is 0 Å². The molecule has 0 fully saturated rings. The van der Waals surface area contributed by atoms with Gasteiger partial charge in [-0.1, -0.05) is 11.6 Å². The number of hydrogen-bond acceptors (Lipinski definition) is 3. The maximum atomic E-state index is 11.9. The van der Waals surface area contributed by atoms with Crippen molar-refractivity contribution in [3.05, 3.63) is 53.1 Å². The number of nitrogens with one attached hydrogen (secondary N) is 1. The summed E-state index contributed by atoms with van der Waals surface area (Å²) in [5.41, 5.74) is 6.96. The highest BCUT2D eigenvalue weighted by atomic mass is 35.5. The van der Waals surface area contributed by atoms with Gasteiger partial charge in [-0.2, -0.15) is 0 Å².